The lowest BCUT2D eigenvalue weighted by molar-refractivity contribution is 0.110. The van der Waals surface area contributed by atoms with Crippen LogP contribution in [0.3, 0.4) is 0 Å². The van der Waals surface area contributed by atoms with Gasteiger partial charge in [0.05, 0.1) is 18.5 Å². The first-order chi connectivity index (χ1) is 13.0. The van der Waals surface area contributed by atoms with Crippen LogP contribution in [0.25, 0.3) is 10.9 Å². The highest BCUT2D eigenvalue weighted by molar-refractivity contribution is 6.31. The molecule has 6 N–H and O–H groups in total. The molecule has 1 aliphatic heterocycles. The van der Waals surface area contributed by atoms with Crippen LogP contribution >= 0.6 is 11.6 Å². The lowest BCUT2D eigenvalue weighted by Gasteiger charge is -2.35. The number of nitrogens with zero attached hydrogens (tertiary/aromatic N) is 1. The van der Waals surface area contributed by atoms with E-state index >= 15 is 0 Å². The van der Waals surface area contributed by atoms with Crippen LogP contribution in [0.2, 0.25) is 5.02 Å². The Labute approximate surface area is 165 Å². The molecule has 3 rings (SSSR count). The van der Waals surface area contributed by atoms with Gasteiger partial charge in [-0.25, -0.2) is 10.4 Å². The molecule has 0 bridgehead atoms. The summed E-state index contributed by atoms with van der Waals surface area (Å²) in [6, 6.07) is 8.29. The first kappa shape index (κ1) is 19.8. The van der Waals surface area contributed by atoms with E-state index in [1.807, 2.05) is 24.3 Å². The zero-order valence-electron chi connectivity index (χ0n) is 15.6. The molecule has 0 saturated carbocycles. The number of hydrogen-bond acceptors (Lipinski definition) is 5. The molecule has 0 amide bonds. The van der Waals surface area contributed by atoms with E-state index in [9.17, 15) is 0 Å². The molecule has 0 spiro atoms. The van der Waals surface area contributed by atoms with Crippen LogP contribution in [-0.2, 0) is 6.54 Å². The summed E-state index contributed by atoms with van der Waals surface area (Å²) in [6.45, 7) is 10.4. The van der Waals surface area contributed by atoms with Crippen molar-refractivity contribution < 1.29 is 0 Å². The van der Waals surface area contributed by atoms with E-state index in [-0.39, 0.29) is 6.17 Å². The zero-order valence-corrected chi connectivity index (χ0v) is 16.4. The van der Waals surface area contributed by atoms with Crippen LogP contribution in [0.15, 0.2) is 49.3 Å². The molecule has 0 radical (unpaired) electrons. The second kappa shape index (κ2) is 9.28. The molecule has 146 valence electrons. The number of piperidine rings is 1. The van der Waals surface area contributed by atoms with E-state index in [0.717, 1.165) is 59.8 Å². The Bertz CT molecular complexity index is 786. The summed E-state index contributed by atoms with van der Waals surface area (Å²) in [7, 11) is 0. The highest BCUT2D eigenvalue weighted by Crippen LogP contribution is 2.20. The fourth-order valence-electron chi connectivity index (χ4n) is 3.44. The molecule has 27 heavy (non-hydrogen) atoms. The van der Waals surface area contributed by atoms with E-state index in [1.54, 1.807) is 0 Å². The molecule has 7 heteroatoms. The third-order valence-electron chi connectivity index (χ3n) is 4.70. The van der Waals surface area contributed by atoms with Gasteiger partial charge in [-0.15, -0.1) is 6.58 Å². The monoisotopic (exact) mass is 388 g/mol. The van der Waals surface area contributed by atoms with Crippen molar-refractivity contribution in [1.29, 1.82) is 0 Å². The summed E-state index contributed by atoms with van der Waals surface area (Å²) in [5.41, 5.74) is 11.5. The molecular formula is C20H29ClN6. The van der Waals surface area contributed by atoms with Crippen molar-refractivity contribution in [3.63, 3.8) is 0 Å². The normalized spacial score (nSPS) is 19.0. The fourth-order valence-corrected chi connectivity index (χ4v) is 3.62. The van der Waals surface area contributed by atoms with Crippen molar-refractivity contribution in [3.05, 3.63) is 60.0 Å². The number of aromatic nitrogens is 1. The molecule has 2 atom stereocenters. The topological polar surface area (TPSA) is 81.1 Å². The van der Waals surface area contributed by atoms with Gasteiger partial charge in [-0.2, -0.15) is 0 Å². The molecule has 1 aliphatic rings. The van der Waals surface area contributed by atoms with Gasteiger partial charge in [-0.05, 0) is 43.5 Å². The molecule has 1 aromatic heterocycles. The van der Waals surface area contributed by atoms with Crippen LogP contribution in [-0.4, -0.2) is 35.3 Å². The second-order valence-corrected chi connectivity index (χ2v) is 7.48. The van der Waals surface area contributed by atoms with Crippen molar-refractivity contribution in [3.8, 4) is 0 Å². The SMILES string of the molecule is C=CCC(N)NN1CCCC(NC(=C)NCc2cc3cc(Cl)ccc3[nH]2)C1. The van der Waals surface area contributed by atoms with Crippen molar-refractivity contribution in [2.75, 3.05) is 13.1 Å². The van der Waals surface area contributed by atoms with Gasteiger partial charge in [0, 0.05) is 40.8 Å². The number of aromatic amines is 1. The average molecular weight is 389 g/mol. The van der Waals surface area contributed by atoms with Gasteiger partial charge in [0.1, 0.15) is 0 Å². The Morgan fingerprint density at radius 2 is 2.30 bits per heavy atom. The van der Waals surface area contributed by atoms with Crippen LogP contribution in [0, 0.1) is 0 Å². The maximum Gasteiger partial charge on any atom is 0.0918 e. The minimum absolute atomic E-state index is 0.0851. The first-order valence-electron chi connectivity index (χ1n) is 9.37. The fraction of sp³-hybridized carbons (Fsp3) is 0.400. The molecule has 1 saturated heterocycles. The molecule has 2 unspecified atom stereocenters. The van der Waals surface area contributed by atoms with Crippen molar-refractivity contribution in [2.45, 2.75) is 38.0 Å². The van der Waals surface area contributed by atoms with E-state index in [2.05, 4.69) is 45.3 Å². The van der Waals surface area contributed by atoms with Crippen molar-refractivity contribution >= 4 is 22.5 Å². The molecule has 1 fully saturated rings. The van der Waals surface area contributed by atoms with Crippen LogP contribution < -0.4 is 21.8 Å². The van der Waals surface area contributed by atoms with Gasteiger partial charge in [-0.3, -0.25) is 0 Å². The Morgan fingerprint density at radius 1 is 1.44 bits per heavy atom. The summed E-state index contributed by atoms with van der Waals surface area (Å²) in [6.07, 6.45) is 4.72. The number of benzene rings is 1. The Morgan fingerprint density at radius 3 is 3.11 bits per heavy atom. The van der Waals surface area contributed by atoms with Gasteiger partial charge < -0.3 is 21.4 Å². The molecule has 6 nitrogen and oxygen atoms in total. The smallest absolute Gasteiger partial charge is 0.0918 e. The largest absolute Gasteiger partial charge is 0.368 e. The van der Waals surface area contributed by atoms with E-state index < -0.39 is 0 Å². The number of fused-ring (bicyclic) bond motifs is 1. The van der Waals surface area contributed by atoms with E-state index in [1.165, 1.54) is 0 Å². The number of H-pyrrole nitrogens is 1. The number of hydrazine groups is 1. The standard InChI is InChI=1S/C20H29ClN6/c1-3-5-20(22)26-27-9-4-6-17(13-27)24-14(2)23-12-18-11-15-10-16(21)7-8-19(15)25-18/h3,7-8,10-11,17,20,23-26H,1-2,4-6,9,12-13,22H2. The lowest BCUT2D eigenvalue weighted by Crippen LogP contribution is -2.56. The summed E-state index contributed by atoms with van der Waals surface area (Å²) in [5.74, 6) is 0.828. The maximum absolute atomic E-state index is 6.05. The third kappa shape index (κ3) is 5.74. The quantitative estimate of drug-likeness (QED) is 0.337. The summed E-state index contributed by atoms with van der Waals surface area (Å²) >= 11 is 6.05. The van der Waals surface area contributed by atoms with Crippen LogP contribution in [0.1, 0.15) is 25.0 Å². The van der Waals surface area contributed by atoms with Gasteiger partial charge in [-0.1, -0.05) is 24.3 Å². The Kier molecular flexibility index (Phi) is 6.79. The first-order valence-corrected chi connectivity index (χ1v) is 9.75. The number of hydrogen-bond donors (Lipinski definition) is 5. The second-order valence-electron chi connectivity index (χ2n) is 7.05. The third-order valence-corrected chi connectivity index (χ3v) is 4.93. The molecule has 0 aliphatic carbocycles. The minimum Gasteiger partial charge on any atom is -0.368 e. The Hall–Kier alpha value is -1.99. The number of nitrogens with one attached hydrogen (secondary N) is 4. The summed E-state index contributed by atoms with van der Waals surface area (Å²) in [4.78, 5) is 3.39. The number of rotatable bonds is 9. The highest BCUT2D eigenvalue weighted by atomic mass is 35.5. The lowest BCUT2D eigenvalue weighted by atomic mass is 10.1. The van der Waals surface area contributed by atoms with Crippen molar-refractivity contribution in [2.24, 2.45) is 5.73 Å². The summed E-state index contributed by atoms with van der Waals surface area (Å²) in [5, 5.41) is 10.9. The van der Waals surface area contributed by atoms with Gasteiger partial charge in [0.15, 0.2) is 0 Å². The molecule has 1 aromatic carbocycles. The van der Waals surface area contributed by atoms with Gasteiger partial charge >= 0.3 is 0 Å². The molecular weight excluding hydrogens is 360 g/mol. The predicted molar refractivity (Wildman–Crippen MR) is 113 cm³/mol. The minimum atomic E-state index is -0.0851. The average Bonchev–Trinajstić information content (AvgIpc) is 3.02. The molecule has 2 heterocycles. The van der Waals surface area contributed by atoms with Crippen LogP contribution in [0.5, 0.6) is 0 Å². The van der Waals surface area contributed by atoms with Gasteiger partial charge in [0.2, 0.25) is 0 Å². The van der Waals surface area contributed by atoms with E-state index in [0.29, 0.717) is 12.6 Å². The molecule has 2 aromatic rings. The number of nitrogens with two attached hydrogens (primary N) is 1. The van der Waals surface area contributed by atoms with Crippen molar-refractivity contribution in [1.82, 2.24) is 26.1 Å². The maximum atomic E-state index is 6.05. The summed E-state index contributed by atoms with van der Waals surface area (Å²) < 4.78 is 0. The van der Waals surface area contributed by atoms with E-state index in [4.69, 9.17) is 17.3 Å². The zero-order chi connectivity index (χ0) is 19.2. The number of halogens is 1. The highest BCUT2D eigenvalue weighted by Gasteiger charge is 2.21. The van der Waals surface area contributed by atoms with Gasteiger partial charge in [0.25, 0.3) is 0 Å². The van der Waals surface area contributed by atoms with Crippen LogP contribution in [0.4, 0.5) is 0 Å². The Balaban J connectivity index is 1.46. The predicted octanol–water partition coefficient (Wildman–Crippen LogP) is 2.80.